The van der Waals surface area contributed by atoms with Gasteiger partial charge < -0.3 is 14.6 Å². The standard InChI is InChI=1S/C23H25N3O/c27-23(17-10-12-25(13-11-17)18-6-2-1-3-7-18)14-21-19-8-4-5-9-20(19)22-15-24-16-26(21)22/h1-9,15-17,21,23,27H,10-14H2/t21?,23-/m0/s1. The van der Waals surface area contributed by atoms with Gasteiger partial charge in [-0.05, 0) is 42.9 Å². The molecule has 1 N–H and O–H groups in total. The molecular formula is C23H25N3O. The minimum absolute atomic E-state index is 0.195. The van der Waals surface area contributed by atoms with Crippen molar-refractivity contribution in [2.45, 2.75) is 31.4 Å². The second-order valence-corrected chi connectivity index (χ2v) is 7.75. The Morgan fingerprint density at radius 3 is 2.56 bits per heavy atom. The first-order chi connectivity index (χ1) is 13.3. The summed E-state index contributed by atoms with van der Waals surface area (Å²) in [6.07, 6.45) is 6.40. The number of hydrogen-bond donors (Lipinski definition) is 1. The van der Waals surface area contributed by atoms with E-state index in [0.717, 1.165) is 32.4 Å². The van der Waals surface area contributed by atoms with Gasteiger partial charge in [-0.15, -0.1) is 0 Å². The van der Waals surface area contributed by atoms with Crippen LogP contribution in [0.25, 0.3) is 11.3 Å². The molecule has 4 nitrogen and oxygen atoms in total. The number of para-hydroxylation sites is 1. The van der Waals surface area contributed by atoms with Gasteiger partial charge in [0.25, 0.3) is 0 Å². The van der Waals surface area contributed by atoms with Crippen molar-refractivity contribution in [1.82, 2.24) is 9.55 Å². The topological polar surface area (TPSA) is 41.3 Å². The molecule has 0 aliphatic carbocycles. The Bertz CT molecular complexity index is 912. The zero-order chi connectivity index (χ0) is 18.2. The van der Waals surface area contributed by atoms with Gasteiger partial charge in [0.2, 0.25) is 0 Å². The minimum atomic E-state index is -0.283. The maximum absolute atomic E-state index is 11.0. The number of fused-ring (bicyclic) bond motifs is 3. The summed E-state index contributed by atoms with van der Waals surface area (Å²) in [6.45, 7) is 2.03. The van der Waals surface area contributed by atoms with Crippen molar-refractivity contribution in [3.8, 4) is 11.3 Å². The zero-order valence-electron chi connectivity index (χ0n) is 15.4. The van der Waals surface area contributed by atoms with Crippen molar-refractivity contribution in [2.75, 3.05) is 18.0 Å². The third-order valence-electron chi connectivity index (χ3n) is 6.27. The van der Waals surface area contributed by atoms with E-state index in [0.29, 0.717) is 5.92 Å². The number of aliphatic hydroxyl groups is 1. The number of rotatable bonds is 4. The molecule has 2 aliphatic rings. The molecule has 0 bridgehead atoms. The van der Waals surface area contributed by atoms with Crippen LogP contribution in [0.3, 0.4) is 0 Å². The van der Waals surface area contributed by atoms with Gasteiger partial charge in [-0.2, -0.15) is 0 Å². The summed E-state index contributed by atoms with van der Waals surface area (Å²) in [5.41, 5.74) is 5.03. The number of aliphatic hydroxyl groups excluding tert-OH is 1. The van der Waals surface area contributed by atoms with Gasteiger partial charge in [-0.1, -0.05) is 42.5 Å². The fourth-order valence-electron chi connectivity index (χ4n) is 4.78. The summed E-state index contributed by atoms with van der Waals surface area (Å²) in [5.74, 6) is 0.365. The number of benzene rings is 2. The van der Waals surface area contributed by atoms with E-state index in [1.807, 2.05) is 12.5 Å². The first kappa shape index (κ1) is 16.6. The first-order valence-electron chi connectivity index (χ1n) is 9.90. The fourth-order valence-corrected chi connectivity index (χ4v) is 4.78. The summed E-state index contributed by atoms with van der Waals surface area (Å²) in [5, 5.41) is 11.0. The van der Waals surface area contributed by atoms with Gasteiger partial charge in [0.05, 0.1) is 30.4 Å². The lowest BCUT2D eigenvalue weighted by molar-refractivity contribution is 0.0757. The van der Waals surface area contributed by atoms with Crippen molar-refractivity contribution in [3.05, 3.63) is 72.7 Å². The van der Waals surface area contributed by atoms with Crippen LogP contribution in [0.1, 0.15) is 30.9 Å². The Morgan fingerprint density at radius 1 is 1.00 bits per heavy atom. The normalized spacial score (nSPS) is 20.3. The number of piperidine rings is 1. The second kappa shape index (κ2) is 6.86. The van der Waals surface area contributed by atoms with Crippen LogP contribution < -0.4 is 4.90 Å². The van der Waals surface area contributed by atoms with Gasteiger partial charge in [-0.3, -0.25) is 0 Å². The molecule has 5 rings (SSSR count). The predicted octanol–water partition coefficient (Wildman–Crippen LogP) is 4.12. The molecule has 3 aromatic rings. The van der Waals surface area contributed by atoms with E-state index in [-0.39, 0.29) is 12.1 Å². The van der Waals surface area contributed by atoms with Crippen LogP contribution in [0.5, 0.6) is 0 Å². The third kappa shape index (κ3) is 2.94. The maximum atomic E-state index is 11.0. The molecule has 1 aromatic heterocycles. The zero-order valence-corrected chi connectivity index (χ0v) is 15.4. The van der Waals surface area contributed by atoms with Crippen LogP contribution >= 0.6 is 0 Å². The second-order valence-electron chi connectivity index (χ2n) is 7.75. The van der Waals surface area contributed by atoms with Crippen molar-refractivity contribution in [1.29, 1.82) is 0 Å². The Kier molecular flexibility index (Phi) is 4.21. The molecule has 4 heteroatoms. The monoisotopic (exact) mass is 359 g/mol. The molecule has 1 saturated heterocycles. The molecule has 1 fully saturated rings. The molecule has 0 saturated carbocycles. The molecule has 0 amide bonds. The van der Waals surface area contributed by atoms with E-state index < -0.39 is 0 Å². The van der Waals surface area contributed by atoms with E-state index in [9.17, 15) is 5.11 Å². The Labute approximate surface area is 160 Å². The van der Waals surface area contributed by atoms with E-state index in [1.165, 1.54) is 22.5 Å². The number of nitrogens with zero attached hydrogens (tertiary/aromatic N) is 3. The van der Waals surface area contributed by atoms with Crippen LogP contribution in [0.4, 0.5) is 5.69 Å². The largest absolute Gasteiger partial charge is 0.393 e. The lowest BCUT2D eigenvalue weighted by atomic mass is 9.86. The molecule has 27 heavy (non-hydrogen) atoms. The molecule has 2 aliphatic heterocycles. The van der Waals surface area contributed by atoms with Crippen LogP contribution in [-0.4, -0.2) is 33.9 Å². The summed E-state index contributed by atoms with van der Waals surface area (Å²) < 4.78 is 2.23. The van der Waals surface area contributed by atoms with E-state index >= 15 is 0 Å². The minimum Gasteiger partial charge on any atom is -0.393 e. The quantitative estimate of drug-likeness (QED) is 0.762. The highest BCUT2D eigenvalue weighted by atomic mass is 16.3. The third-order valence-corrected chi connectivity index (χ3v) is 6.27. The van der Waals surface area contributed by atoms with Crippen LogP contribution in [0, 0.1) is 5.92 Å². The number of hydrogen-bond acceptors (Lipinski definition) is 3. The highest BCUT2D eigenvalue weighted by Gasteiger charge is 2.33. The average Bonchev–Trinajstić information content (AvgIpc) is 3.32. The van der Waals surface area contributed by atoms with E-state index in [1.54, 1.807) is 0 Å². The van der Waals surface area contributed by atoms with Gasteiger partial charge in [0, 0.05) is 24.3 Å². The predicted molar refractivity (Wildman–Crippen MR) is 108 cm³/mol. The van der Waals surface area contributed by atoms with Crippen molar-refractivity contribution < 1.29 is 5.11 Å². The van der Waals surface area contributed by atoms with Crippen LogP contribution in [-0.2, 0) is 0 Å². The molecular weight excluding hydrogens is 334 g/mol. The van der Waals surface area contributed by atoms with Crippen LogP contribution in [0.15, 0.2) is 67.1 Å². The van der Waals surface area contributed by atoms with Crippen molar-refractivity contribution in [2.24, 2.45) is 5.92 Å². The lowest BCUT2D eigenvalue weighted by Crippen LogP contribution is -2.38. The summed E-state index contributed by atoms with van der Waals surface area (Å²) in [7, 11) is 0. The Balaban J connectivity index is 1.28. The van der Waals surface area contributed by atoms with Gasteiger partial charge in [0.1, 0.15) is 0 Å². The molecule has 0 radical (unpaired) electrons. The van der Waals surface area contributed by atoms with Gasteiger partial charge in [-0.25, -0.2) is 4.98 Å². The Hall–Kier alpha value is -2.59. The van der Waals surface area contributed by atoms with E-state index in [2.05, 4.69) is 69.0 Å². The average molecular weight is 359 g/mol. The summed E-state index contributed by atoms with van der Waals surface area (Å²) in [4.78, 5) is 6.76. The van der Waals surface area contributed by atoms with Gasteiger partial charge >= 0.3 is 0 Å². The number of aromatic nitrogens is 2. The van der Waals surface area contributed by atoms with Crippen LogP contribution in [0.2, 0.25) is 0 Å². The summed E-state index contributed by atoms with van der Waals surface area (Å²) >= 11 is 0. The fraction of sp³-hybridized carbons (Fsp3) is 0.348. The Morgan fingerprint density at radius 2 is 1.74 bits per heavy atom. The molecule has 1 unspecified atom stereocenters. The maximum Gasteiger partial charge on any atom is 0.0956 e. The molecule has 3 heterocycles. The van der Waals surface area contributed by atoms with Crippen molar-refractivity contribution >= 4 is 5.69 Å². The summed E-state index contributed by atoms with van der Waals surface area (Å²) in [6, 6.07) is 19.3. The van der Waals surface area contributed by atoms with Gasteiger partial charge in [0.15, 0.2) is 0 Å². The highest BCUT2D eigenvalue weighted by molar-refractivity contribution is 5.68. The molecule has 0 spiro atoms. The number of anilines is 1. The highest BCUT2D eigenvalue weighted by Crippen LogP contribution is 2.42. The molecule has 138 valence electrons. The lowest BCUT2D eigenvalue weighted by Gasteiger charge is -2.36. The molecule has 2 atom stereocenters. The molecule has 2 aromatic carbocycles. The SMILES string of the molecule is O[C@@H](CC1c2ccccc2-c2cncn21)C1CCN(c2ccccc2)CC1. The smallest absolute Gasteiger partial charge is 0.0956 e. The van der Waals surface area contributed by atoms with E-state index in [4.69, 9.17) is 0 Å². The number of imidazole rings is 1. The first-order valence-corrected chi connectivity index (χ1v) is 9.90. The van der Waals surface area contributed by atoms with Crippen molar-refractivity contribution in [3.63, 3.8) is 0 Å².